The minimum atomic E-state index is -1.79. The Morgan fingerprint density at radius 1 is 1.33 bits per heavy atom. The number of nitrogens with one attached hydrogen (secondary N) is 1. The summed E-state index contributed by atoms with van der Waals surface area (Å²) in [6.45, 7) is 12.2. The third kappa shape index (κ3) is 4.49. The first kappa shape index (κ1) is 20.2. The third-order valence-corrected chi connectivity index (χ3v) is 11.1. The zero-order valence-electron chi connectivity index (χ0n) is 16.6. The lowest BCUT2D eigenvalue weighted by Crippen LogP contribution is -2.41. The number of ether oxygens (including phenoxy) is 1. The molecule has 1 atom stereocenters. The van der Waals surface area contributed by atoms with Gasteiger partial charge in [-0.2, -0.15) is 0 Å². The molecule has 148 valence electrons. The molecule has 0 spiro atoms. The van der Waals surface area contributed by atoms with Gasteiger partial charge in [-0.15, -0.1) is 11.8 Å². The summed E-state index contributed by atoms with van der Waals surface area (Å²) in [7, 11) is -1.79. The number of amides is 2. The van der Waals surface area contributed by atoms with Gasteiger partial charge in [0.05, 0.1) is 18.0 Å². The number of hydrogen-bond donors (Lipinski definition) is 1. The van der Waals surface area contributed by atoms with Gasteiger partial charge in [0.15, 0.2) is 8.32 Å². The normalized spacial score (nSPS) is 20.3. The number of nitrogens with zero attached hydrogens (tertiary/aromatic N) is 1. The SMILES string of the molecule is CC(C)(C)[Si](C)(C)OCC[C@H]1CN(c2ccc3c(c2)NC(=O)CS3)C(=O)O1. The van der Waals surface area contributed by atoms with Gasteiger partial charge in [0.2, 0.25) is 5.91 Å². The van der Waals surface area contributed by atoms with Crippen LogP contribution in [0.2, 0.25) is 18.1 Å². The number of rotatable bonds is 5. The Morgan fingerprint density at radius 3 is 2.78 bits per heavy atom. The van der Waals surface area contributed by atoms with Crippen LogP contribution in [0.15, 0.2) is 23.1 Å². The molecule has 0 aromatic heterocycles. The maximum absolute atomic E-state index is 12.3. The molecule has 1 N–H and O–H groups in total. The van der Waals surface area contributed by atoms with E-state index in [1.807, 2.05) is 18.2 Å². The van der Waals surface area contributed by atoms with Crippen molar-refractivity contribution in [2.45, 2.75) is 56.3 Å². The molecule has 0 radical (unpaired) electrons. The molecule has 1 aromatic rings. The van der Waals surface area contributed by atoms with Crippen molar-refractivity contribution in [1.29, 1.82) is 0 Å². The Hall–Kier alpha value is -1.51. The van der Waals surface area contributed by atoms with E-state index in [1.54, 1.807) is 4.90 Å². The molecule has 2 aliphatic heterocycles. The third-order valence-electron chi connectivity index (χ3n) is 5.49. The fraction of sp³-hybridized carbons (Fsp3) is 0.579. The van der Waals surface area contributed by atoms with Crippen LogP contribution in [0.5, 0.6) is 0 Å². The Kier molecular flexibility index (Phi) is 5.61. The molecule has 1 fully saturated rings. The molecule has 0 bridgehead atoms. The maximum atomic E-state index is 12.3. The van der Waals surface area contributed by atoms with Gasteiger partial charge in [-0.25, -0.2) is 4.79 Å². The smallest absolute Gasteiger partial charge is 0.414 e. The highest BCUT2D eigenvalue weighted by Gasteiger charge is 2.38. The molecule has 27 heavy (non-hydrogen) atoms. The maximum Gasteiger partial charge on any atom is 0.414 e. The van der Waals surface area contributed by atoms with Crippen LogP contribution in [0.3, 0.4) is 0 Å². The van der Waals surface area contributed by atoms with E-state index < -0.39 is 8.32 Å². The summed E-state index contributed by atoms with van der Waals surface area (Å²) in [5, 5.41) is 3.02. The Morgan fingerprint density at radius 2 is 2.07 bits per heavy atom. The number of cyclic esters (lactones) is 1. The summed E-state index contributed by atoms with van der Waals surface area (Å²) in [5.41, 5.74) is 1.50. The van der Waals surface area contributed by atoms with Crippen molar-refractivity contribution in [1.82, 2.24) is 0 Å². The van der Waals surface area contributed by atoms with Crippen LogP contribution in [-0.4, -0.2) is 45.3 Å². The van der Waals surface area contributed by atoms with Crippen molar-refractivity contribution < 1.29 is 18.8 Å². The van der Waals surface area contributed by atoms with Crippen molar-refractivity contribution in [3.05, 3.63) is 18.2 Å². The zero-order valence-corrected chi connectivity index (χ0v) is 18.4. The number of carbonyl (C=O) groups is 2. The lowest BCUT2D eigenvalue weighted by molar-refractivity contribution is -0.113. The average molecular weight is 409 g/mol. The second-order valence-electron chi connectivity index (χ2n) is 8.53. The molecule has 6 nitrogen and oxygen atoms in total. The van der Waals surface area contributed by atoms with Crippen LogP contribution < -0.4 is 10.2 Å². The second kappa shape index (κ2) is 7.48. The summed E-state index contributed by atoms with van der Waals surface area (Å²) in [6.07, 6.45) is 0.163. The fourth-order valence-corrected chi connectivity index (χ4v) is 4.63. The van der Waals surface area contributed by atoms with Crippen molar-refractivity contribution >= 4 is 43.5 Å². The molecular formula is C19H28N2O4SSi. The Balaban J connectivity index is 1.60. The molecule has 0 saturated carbocycles. The zero-order chi connectivity index (χ0) is 19.8. The molecule has 2 heterocycles. The first-order valence-corrected chi connectivity index (χ1v) is 13.1. The second-order valence-corrected chi connectivity index (χ2v) is 14.4. The first-order valence-electron chi connectivity index (χ1n) is 9.26. The van der Waals surface area contributed by atoms with E-state index in [-0.39, 0.29) is 23.1 Å². The van der Waals surface area contributed by atoms with E-state index in [0.717, 1.165) is 16.3 Å². The Bertz CT molecular complexity index is 748. The van der Waals surface area contributed by atoms with Crippen LogP contribution in [0, 0.1) is 0 Å². The molecule has 8 heteroatoms. The quantitative estimate of drug-likeness (QED) is 0.728. The molecule has 0 unspecified atom stereocenters. The van der Waals surface area contributed by atoms with Crippen molar-refractivity contribution in [3.63, 3.8) is 0 Å². The van der Waals surface area contributed by atoms with Gasteiger partial charge in [-0.1, -0.05) is 20.8 Å². The van der Waals surface area contributed by atoms with Crippen LogP contribution in [-0.2, 0) is 14.0 Å². The number of anilines is 2. The van der Waals surface area contributed by atoms with Gasteiger partial charge in [0.1, 0.15) is 6.10 Å². The molecule has 0 aliphatic carbocycles. The number of hydrogen-bond acceptors (Lipinski definition) is 5. The molecule has 1 aromatic carbocycles. The highest BCUT2D eigenvalue weighted by Crippen LogP contribution is 2.37. The van der Waals surface area contributed by atoms with Crippen LogP contribution in [0.25, 0.3) is 0 Å². The van der Waals surface area contributed by atoms with Crippen molar-refractivity contribution in [2.24, 2.45) is 0 Å². The van der Waals surface area contributed by atoms with Gasteiger partial charge in [-0.05, 0) is 36.3 Å². The van der Waals surface area contributed by atoms with Crippen molar-refractivity contribution in [2.75, 3.05) is 29.1 Å². The topological polar surface area (TPSA) is 67.9 Å². The largest absolute Gasteiger partial charge is 0.444 e. The van der Waals surface area contributed by atoms with Gasteiger partial charge in [0, 0.05) is 23.6 Å². The Labute approximate surface area is 166 Å². The van der Waals surface area contributed by atoms with E-state index in [1.165, 1.54) is 11.8 Å². The molecule has 1 saturated heterocycles. The molecular weight excluding hydrogens is 380 g/mol. The van der Waals surface area contributed by atoms with E-state index in [2.05, 4.69) is 39.2 Å². The van der Waals surface area contributed by atoms with Crippen LogP contribution >= 0.6 is 11.8 Å². The van der Waals surface area contributed by atoms with E-state index in [4.69, 9.17) is 9.16 Å². The monoisotopic (exact) mass is 408 g/mol. The molecule has 2 amide bonds. The summed E-state index contributed by atoms with van der Waals surface area (Å²) in [4.78, 5) is 26.6. The average Bonchev–Trinajstić information content (AvgIpc) is 2.93. The fourth-order valence-electron chi connectivity index (χ4n) is 2.78. The predicted molar refractivity (Wildman–Crippen MR) is 111 cm³/mol. The summed E-state index contributed by atoms with van der Waals surface area (Å²) < 4.78 is 11.7. The van der Waals surface area contributed by atoms with E-state index >= 15 is 0 Å². The van der Waals surface area contributed by atoms with E-state index in [9.17, 15) is 9.59 Å². The molecule has 2 aliphatic rings. The van der Waals surface area contributed by atoms with Crippen LogP contribution in [0.4, 0.5) is 16.2 Å². The summed E-state index contributed by atoms with van der Waals surface area (Å²) in [5.74, 6) is 0.406. The predicted octanol–water partition coefficient (Wildman–Crippen LogP) is 4.47. The van der Waals surface area contributed by atoms with Crippen LogP contribution in [0.1, 0.15) is 27.2 Å². The number of fused-ring (bicyclic) bond motifs is 1. The minimum absolute atomic E-state index is 0.0192. The lowest BCUT2D eigenvalue weighted by atomic mass is 10.2. The first-order chi connectivity index (χ1) is 12.6. The number of carbonyl (C=O) groups excluding carboxylic acids is 2. The van der Waals surface area contributed by atoms with Crippen molar-refractivity contribution in [3.8, 4) is 0 Å². The lowest BCUT2D eigenvalue weighted by Gasteiger charge is -2.36. The minimum Gasteiger partial charge on any atom is -0.444 e. The molecule has 3 rings (SSSR count). The highest BCUT2D eigenvalue weighted by molar-refractivity contribution is 8.00. The van der Waals surface area contributed by atoms with Gasteiger partial charge < -0.3 is 14.5 Å². The summed E-state index contributed by atoms with van der Waals surface area (Å²) >= 11 is 1.51. The highest BCUT2D eigenvalue weighted by atomic mass is 32.2. The number of benzene rings is 1. The van der Waals surface area contributed by atoms with Gasteiger partial charge in [-0.3, -0.25) is 9.69 Å². The standard InChI is InChI=1S/C19H28N2O4SSi/c1-19(2,3)27(4,5)24-9-8-14-11-21(18(23)25-14)13-6-7-16-15(10-13)20-17(22)12-26-16/h6-7,10,14H,8-9,11-12H2,1-5H3,(H,20,22)/t14-/m0/s1. The van der Waals surface area contributed by atoms with Gasteiger partial charge in [0.25, 0.3) is 0 Å². The van der Waals surface area contributed by atoms with E-state index in [0.29, 0.717) is 25.3 Å². The van der Waals surface area contributed by atoms with Gasteiger partial charge >= 0.3 is 6.09 Å². The summed E-state index contributed by atoms with van der Waals surface area (Å²) in [6, 6.07) is 5.68. The number of thioether (sulfide) groups is 1.